The number of carboxylic acid groups (broad SMARTS) is 1. The van der Waals surface area contributed by atoms with E-state index in [0.717, 1.165) is 116 Å². The van der Waals surface area contributed by atoms with E-state index in [-0.39, 0.29) is 76.5 Å². The third-order valence-electron chi connectivity index (χ3n) is 15.8. The number of nitrogens with one attached hydrogen (secondary N) is 4. The van der Waals surface area contributed by atoms with Crippen LogP contribution < -0.4 is 25.3 Å². The Morgan fingerprint density at radius 2 is 0.903 bits per heavy atom. The van der Waals surface area contributed by atoms with Gasteiger partial charge in [0.2, 0.25) is 11.8 Å². The van der Waals surface area contributed by atoms with Gasteiger partial charge in [-0.3, -0.25) is 18.8 Å². The van der Waals surface area contributed by atoms with E-state index < -0.39 is 19.2 Å². The lowest BCUT2D eigenvalue weighted by atomic mass is 9.91. The molecule has 7 N–H and O–H groups in total. The van der Waals surface area contributed by atoms with Crippen LogP contribution in [-0.4, -0.2) is 115 Å². The predicted octanol–water partition coefficient (Wildman–Crippen LogP) is 17.4. The predicted molar refractivity (Wildman–Crippen MR) is 385 cm³/mol. The number of rotatable bonds is 11. The van der Waals surface area contributed by atoms with E-state index in [4.69, 9.17) is 66.0 Å². The van der Waals surface area contributed by atoms with Crippen molar-refractivity contribution in [1.82, 2.24) is 30.1 Å². The van der Waals surface area contributed by atoms with E-state index in [0.29, 0.717) is 18.1 Å². The average Bonchev–Trinajstić information content (AvgIpc) is 1.56. The van der Waals surface area contributed by atoms with E-state index in [2.05, 4.69) is 44.5 Å². The number of carboxylic acids is 1. The Hall–Kier alpha value is -7.28. The Balaban J connectivity index is 0.000000328. The van der Waals surface area contributed by atoms with Crippen molar-refractivity contribution in [2.24, 2.45) is 17.6 Å². The fourth-order valence-electron chi connectivity index (χ4n) is 11.3. The number of hydrogen-bond donors (Lipinski definition) is 6. The zero-order valence-electron chi connectivity index (χ0n) is 53.6. The number of carbonyl (C=O) groups is 3. The number of alkyl halides is 1. The maximum absolute atomic E-state index is 13.0. The van der Waals surface area contributed by atoms with Crippen molar-refractivity contribution in [3.05, 3.63) is 193 Å². The fraction of sp³-hybridized carbons (Fsp3) is 0.384. The number of carbonyl (C=O) groups excluding carboxylic acids is 2. The third-order valence-corrected chi connectivity index (χ3v) is 16.5. The molecule has 15 nitrogen and oxygen atoms in total. The Labute approximate surface area is 572 Å². The zero-order chi connectivity index (χ0) is 65.3. The van der Waals surface area contributed by atoms with Gasteiger partial charge in [-0.1, -0.05) is 121 Å². The minimum atomic E-state index is -1.00. The number of aromatic nitrogens is 3. The zero-order valence-corrected chi connectivity index (χ0v) is 55.7. The maximum atomic E-state index is 13.0. The van der Waals surface area contributed by atoms with Gasteiger partial charge in [-0.25, -0.2) is 0 Å². The molecule has 0 spiro atoms. The molecule has 0 saturated heterocycles. The Bertz CT molecular complexity index is 3660. The highest BCUT2D eigenvalue weighted by atomic mass is 35.5. The van der Waals surface area contributed by atoms with Crippen molar-refractivity contribution >= 4 is 97.7 Å². The molecule has 3 aliphatic heterocycles. The first-order valence-corrected chi connectivity index (χ1v) is 30.9. The molecule has 6 heterocycles. The standard InChI is InChI=1S/C22H23ClN2O2.C21H22ClN3O2.C18H17ClN2O.C4H8O2.C4H10O.CH3F.3CH4.ClH/c1-13(2)22(26)25-11-10-17-18-12-15(23)6-9-19(18)24-20(17)21(25)14-4-7-16(27-3)8-5-14;1-12(23)21(26)25-10-9-16-17-11-14(22)5-8-18(17)24-19(16)20(25)13-3-6-15(27-2)7-4-13;1-22-13-5-2-11(3-6-13)17-18-14(8-9-20-17)15-10-12(19)4-7-16(15)21-18;1-3(2)4(5)6;1-3-5-4-2;1-2;;;;/h4-9,12-13,21,24H,10-11H2,1-3H3;3-8,11-12,20,24H,9-10,23H2,1-2H3;2-7,10,17,20-21H,8-9H2,1H3;3H,1-2H3,(H,5,6);3-4H2,1-2H3;1H3;3*1H4;1H/t;12-,20?;;;;;;;;/m.0......../s1/i;;;;;1D;;;;. The molecule has 0 saturated carbocycles. The van der Waals surface area contributed by atoms with Gasteiger partial charge < -0.3 is 59.9 Å². The third kappa shape index (κ3) is 19.2. The number of H-pyrrole nitrogens is 3. The summed E-state index contributed by atoms with van der Waals surface area (Å²) in [7, 11) is 3.98. The molecule has 0 radical (unpaired) electrons. The van der Waals surface area contributed by atoms with Crippen molar-refractivity contribution < 1.29 is 44.2 Å². The first kappa shape index (κ1) is 78.2. The topological polar surface area (TPSA) is 200 Å². The number of halogens is 5. The monoisotopic (exact) mass is 1360 g/mol. The highest BCUT2D eigenvalue weighted by Gasteiger charge is 2.37. The van der Waals surface area contributed by atoms with Gasteiger partial charge in [0.25, 0.3) is 0 Å². The van der Waals surface area contributed by atoms with Crippen LogP contribution in [0.3, 0.4) is 0 Å². The number of methoxy groups -OCH3 is 3. The van der Waals surface area contributed by atoms with E-state index in [1.807, 2.05) is 141 Å². The summed E-state index contributed by atoms with van der Waals surface area (Å²) in [6.07, 6.45) is 2.60. The van der Waals surface area contributed by atoms with Crippen LogP contribution in [0.25, 0.3) is 32.7 Å². The molecule has 9 aromatic rings. The molecule has 0 fully saturated rings. The van der Waals surface area contributed by atoms with Gasteiger partial charge >= 0.3 is 5.97 Å². The summed E-state index contributed by atoms with van der Waals surface area (Å²) in [6, 6.07) is 41.1. The van der Waals surface area contributed by atoms with Gasteiger partial charge in [-0.05, 0) is 164 Å². The van der Waals surface area contributed by atoms with Crippen molar-refractivity contribution in [2.75, 3.05) is 61.3 Å². The van der Waals surface area contributed by atoms with E-state index in [9.17, 15) is 18.8 Å². The van der Waals surface area contributed by atoms with Gasteiger partial charge in [0.1, 0.15) is 17.2 Å². The molecule has 93 heavy (non-hydrogen) atoms. The second kappa shape index (κ2) is 37.6. The molecule has 6 aromatic carbocycles. The van der Waals surface area contributed by atoms with Crippen LogP contribution in [0.1, 0.15) is 141 Å². The molecule has 3 aliphatic rings. The van der Waals surface area contributed by atoms with Crippen LogP contribution in [0.2, 0.25) is 15.1 Å². The quantitative estimate of drug-likeness (QED) is 0.0724. The lowest BCUT2D eigenvalue weighted by molar-refractivity contribution is -0.140. The normalized spacial score (nSPS) is 15.3. The lowest BCUT2D eigenvalue weighted by Gasteiger charge is -2.37. The van der Waals surface area contributed by atoms with Crippen LogP contribution in [0.15, 0.2) is 127 Å². The van der Waals surface area contributed by atoms with E-state index in [1.165, 1.54) is 33.3 Å². The Kier molecular flexibility index (Phi) is 31.6. The van der Waals surface area contributed by atoms with E-state index >= 15 is 0 Å². The van der Waals surface area contributed by atoms with Crippen molar-refractivity contribution in [3.63, 3.8) is 0 Å². The number of ether oxygens (including phenoxy) is 4. The summed E-state index contributed by atoms with van der Waals surface area (Å²) in [5, 5.41) is 17.3. The fourth-order valence-corrected chi connectivity index (χ4v) is 11.9. The molecule has 3 aromatic heterocycles. The largest absolute Gasteiger partial charge is 0.497 e. The smallest absolute Gasteiger partial charge is 0.305 e. The highest BCUT2D eigenvalue weighted by Crippen LogP contribution is 2.42. The van der Waals surface area contributed by atoms with Crippen LogP contribution in [0.4, 0.5) is 4.39 Å². The summed E-state index contributed by atoms with van der Waals surface area (Å²) in [5.74, 6) is 1.55. The van der Waals surface area contributed by atoms with Crippen LogP contribution in [-0.2, 0) is 38.4 Å². The van der Waals surface area contributed by atoms with Crippen LogP contribution >= 0.6 is 47.2 Å². The lowest BCUT2D eigenvalue weighted by Crippen LogP contribution is -2.47. The highest BCUT2D eigenvalue weighted by molar-refractivity contribution is 6.32. The number of fused-ring (bicyclic) bond motifs is 9. The summed E-state index contributed by atoms with van der Waals surface area (Å²) < 4.78 is 36.2. The molecule has 0 bridgehead atoms. The number of aliphatic carboxylic acids is 1. The number of hydrogen-bond acceptors (Lipinski definition) is 9. The van der Waals surface area contributed by atoms with Gasteiger partial charge in [0.15, 0.2) is 0 Å². The van der Waals surface area contributed by atoms with Crippen molar-refractivity contribution in [2.45, 2.75) is 114 Å². The molecule has 4 atom stereocenters. The van der Waals surface area contributed by atoms with Crippen molar-refractivity contribution in [3.8, 4) is 17.2 Å². The molecule has 20 heteroatoms. The summed E-state index contributed by atoms with van der Waals surface area (Å²) >= 11 is 18.6. The SMILES string of the molecule is C.C.C.CC(C)C(=O)O.CCOCC.COc1ccc(C2NCCc3c2[nH]c2ccc(Cl)cc32)cc1.COc1ccc(C2c3[nH]c4ccc(Cl)cc4c3CCN2C(=O)C(C)C)cc1.COc1ccc(C2c3[nH]c4ccc(Cl)cc4c3CCN2C(=O)[C@H](C)N)cc1.Cl.[2H]CF. The average molecular weight is 1360 g/mol. The van der Waals surface area contributed by atoms with Crippen molar-refractivity contribution in [1.29, 1.82) is 0 Å². The number of nitrogens with two attached hydrogens (primary N) is 1. The molecule has 0 aliphatic carbocycles. The van der Waals surface area contributed by atoms with Gasteiger partial charge in [-0.15, -0.1) is 12.4 Å². The summed E-state index contributed by atoms with van der Waals surface area (Å²) in [5.41, 5.74) is 19.7. The van der Waals surface area contributed by atoms with Crippen LogP contribution in [0, 0.1) is 11.8 Å². The number of aromatic amines is 3. The number of benzene rings is 6. The molecule has 3 unspecified atom stereocenters. The second-order valence-electron chi connectivity index (χ2n) is 22.2. The van der Waals surface area contributed by atoms with Gasteiger partial charge in [-0.2, -0.15) is 0 Å². The van der Waals surface area contributed by atoms with Crippen LogP contribution in [0.5, 0.6) is 17.2 Å². The van der Waals surface area contributed by atoms with Gasteiger partial charge in [0, 0.05) is 104 Å². The first-order valence-electron chi connectivity index (χ1n) is 30.5. The Morgan fingerprint density at radius 1 is 0.570 bits per heavy atom. The first-order chi connectivity index (χ1) is 43.2. The van der Waals surface area contributed by atoms with E-state index in [1.54, 1.807) is 42.1 Å². The minimum Gasteiger partial charge on any atom is -0.497 e. The molecular weight excluding hydrogens is 1260 g/mol. The molecule has 506 valence electrons. The molecule has 12 rings (SSSR count). The maximum Gasteiger partial charge on any atom is 0.305 e. The Morgan fingerprint density at radius 3 is 1.22 bits per heavy atom. The summed E-state index contributed by atoms with van der Waals surface area (Å²) in [4.78, 5) is 50.0. The second-order valence-corrected chi connectivity index (χ2v) is 23.5. The van der Waals surface area contributed by atoms with Gasteiger partial charge in [0.05, 0.1) is 59.9 Å². The minimum absolute atomic E-state index is 0. The summed E-state index contributed by atoms with van der Waals surface area (Å²) in [6.45, 7) is 16.9. The number of nitrogens with zero attached hydrogens (tertiary/aromatic N) is 2. The molecular formula is C73H96Cl4FN7O8. The molecule has 2 amide bonds. The number of amides is 2.